The summed E-state index contributed by atoms with van der Waals surface area (Å²) < 4.78 is 1.20. The highest BCUT2D eigenvalue weighted by Gasteiger charge is 1.99. The second kappa shape index (κ2) is 5.45. The molecule has 15 heavy (non-hydrogen) atoms. The zero-order valence-electron chi connectivity index (χ0n) is 8.24. The molecule has 0 amide bonds. The van der Waals surface area contributed by atoms with Crippen LogP contribution in [0.5, 0.6) is 0 Å². The van der Waals surface area contributed by atoms with Gasteiger partial charge in [-0.05, 0) is 32.4 Å². The third-order valence-electron chi connectivity index (χ3n) is 2.18. The van der Waals surface area contributed by atoms with Gasteiger partial charge in [0, 0.05) is 22.9 Å². The lowest BCUT2D eigenvalue weighted by Gasteiger charge is -2.03. The lowest BCUT2D eigenvalue weighted by molar-refractivity contribution is 0.693. The van der Waals surface area contributed by atoms with E-state index in [2.05, 4.69) is 56.3 Å². The topological polar surface area (TPSA) is 12.0 Å². The first-order valence-corrected chi connectivity index (χ1v) is 6.55. The molecule has 2 rings (SSSR count). The lowest BCUT2D eigenvalue weighted by Crippen LogP contribution is -2.12. The molecule has 0 atom stereocenters. The zero-order chi connectivity index (χ0) is 10.5. The largest absolute Gasteiger partial charge is 0.309 e. The fourth-order valence-corrected chi connectivity index (χ4v) is 2.81. The van der Waals surface area contributed by atoms with E-state index < -0.39 is 0 Å². The molecule has 1 N–H and O–H groups in total. The standard InChI is InChI=1S/C12H12BrNS/c13-12-9-15-8-11(12)7-14-6-10-4-2-1-3-5-10/h1-5,8-9,14H,6-7H2. The predicted molar refractivity (Wildman–Crippen MR) is 69.0 cm³/mol. The molecule has 1 heterocycles. The van der Waals surface area contributed by atoms with Crippen molar-refractivity contribution in [2.75, 3.05) is 0 Å². The van der Waals surface area contributed by atoms with Gasteiger partial charge < -0.3 is 5.32 Å². The van der Waals surface area contributed by atoms with Gasteiger partial charge >= 0.3 is 0 Å². The Balaban J connectivity index is 1.83. The summed E-state index contributed by atoms with van der Waals surface area (Å²) in [6.07, 6.45) is 0. The predicted octanol–water partition coefficient (Wildman–Crippen LogP) is 3.80. The maximum Gasteiger partial charge on any atom is 0.0327 e. The molecule has 0 aliphatic rings. The number of nitrogens with one attached hydrogen (secondary N) is 1. The van der Waals surface area contributed by atoms with Crippen LogP contribution < -0.4 is 5.32 Å². The van der Waals surface area contributed by atoms with Gasteiger partial charge in [0.2, 0.25) is 0 Å². The first-order valence-electron chi connectivity index (χ1n) is 4.81. The van der Waals surface area contributed by atoms with Crippen LogP contribution in [0.15, 0.2) is 45.6 Å². The monoisotopic (exact) mass is 281 g/mol. The number of thiophene rings is 1. The maximum atomic E-state index is 3.52. The van der Waals surface area contributed by atoms with E-state index in [-0.39, 0.29) is 0 Å². The molecule has 0 bridgehead atoms. The Hall–Kier alpha value is -0.640. The molecule has 0 spiro atoms. The van der Waals surface area contributed by atoms with Gasteiger partial charge in [0.05, 0.1) is 0 Å². The molecular weight excluding hydrogens is 270 g/mol. The number of rotatable bonds is 4. The first-order chi connectivity index (χ1) is 7.36. The first kappa shape index (κ1) is 10.9. The van der Waals surface area contributed by atoms with Crippen LogP contribution in [-0.4, -0.2) is 0 Å². The molecule has 1 aromatic carbocycles. The summed E-state index contributed by atoms with van der Waals surface area (Å²) in [7, 11) is 0. The smallest absolute Gasteiger partial charge is 0.0327 e. The molecule has 0 saturated carbocycles. The van der Waals surface area contributed by atoms with Crippen molar-refractivity contribution in [1.29, 1.82) is 0 Å². The SMILES string of the molecule is Brc1cscc1CNCc1ccccc1. The Morgan fingerprint density at radius 2 is 1.87 bits per heavy atom. The molecule has 0 aliphatic heterocycles. The van der Waals surface area contributed by atoms with Gasteiger partial charge in [-0.15, -0.1) is 0 Å². The van der Waals surface area contributed by atoms with E-state index in [1.807, 2.05) is 6.07 Å². The summed E-state index contributed by atoms with van der Waals surface area (Å²) in [4.78, 5) is 0. The van der Waals surface area contributed by atoms with Crippen LogP contribution in [0.25, 0.3) is 0 Å². The van der Waals surface area contributed by atoms with Crippen molar-refractivity contribution < 1.29 is 0 Å². The summed E-state index contributed by atoms with van der Waals surface area (Å²) in [5.41, 5.74) is 2.65. The van der Waals surface area contributed by atoms with E-state index in [0.717, 1.165) is 13.1 Å². The van der Waals surface area contributed by atoms with Crippen LogP contribution >= 0.6 is 27.3 Å². The van der Waals surface area contributed by atoms with Gasteiger partial charge in [0.25, 0.3) is 0 Å². The fraction of sp³-hybridized carbons (Fsp3) is 0.167. The van der Waals surface area contributed by atoms with Crippen molar-refractivity contribution in [3.63, 3.8) is 0 Å². The number of hydrogen-bond acceptors (Lipinski definition) is 2. The van der Waals surface area contributed by atoms with E-state index in [1.165, 1.54) is 15.6 Å². The molecule has 0 saturated heterocycles. The Labute approximate surface area is 102 Å². The Kier molecular flexibility index (Phi) is 3.94. The van der Waals surface area contributed by atoms with Crippen molar-refractivity contribution in [3.05, 3.63) is 56.7 Å². The van der Waals surface area contributed by atoms with Crippen molar-refractivity contribution in [1.82, 2.24) is 5.32 Å². The van der Waals surface area contributed by atoms with Crippen LogP contribution in [0.3, 0.4) is 0 Å². The van der Waals surface area contributed by atoms with Crippen LogP contribution in [0.2, 0.25) is 0 Å². The highest BCUT2D eigenvalue weighted by atomic mass is 79.9. The van der Waals surface area contributed by atoms with E-state index in [0.29, 0.717) is 0 Å². The van der Waals surface area contributed by atoms with Gasteiger partial charge in [-0.2, -0.15) is 11.3 Å². The maximum absolute atomic E-state index is 3.52. The van der Waals surface area contributed by atoms with E-state index in [9.17, 15) is 0 Å². The quantitative estimate of drug-likeness (QED) is 0.899. The van der Waals surface area contributed by atoms with Gasteiger partial charge in [-0.25, -0.2) is 0 Å². The molecule has 0 fully saturated rings. The van der Waals surface area contributed by atoms with Crippen LogP contribution in [0.4, 0.5) is 0 Å². The molecular formula is C12H12BrNS. The van der Waals surface area contributed by atoms with E-state index >= 15 is 0 Å². The number of halogens is 1. The summed E-state index contributed by atoms with van der Waals surface area (Å²) in [5.74, 6) is 0. The van der Waals surface area contributed by atoms with E-state index in [4.69, 9.17) is 0 Å². The average molecular weight is 282 g/mol. The lowest BCUT2D eigenvalue weighted by atomic mass is 10.2. The van der Waals surface area contributed by atoms with E-state index in [1.54, 1.807) is 11.3 Å². The Morgan fingerprint density at radius 1 is 1.07 bits per heavy atom. The molecule has 3 heteroatoms. The summed E-state index contributed by atoms with van der Waals surface area (Å²) in [6.45, 7) is 1.84. The molecule has 1 nitrogen and oxygen atoms in total. The third-order valence-corrected chi connectivity index (χ3v) is 4.01. The van der Waals surface area contributed by atoms with Crippen LogP contribution in [-0.2, 0) is 13.1 Å². The highest BCUT2D eigenvalue weighted by Crippen LogP contribution is 2.20. The molecule has 0 aliphatic carbocycles. The minimum absolute atomic E-state index is 0.916. The molecule has 0 unspecified atom stereocenters. The fourth-order valence-electron chi connectivity index (χ4n) is 1.37. The summed E-state index contributed by atoms with van der Waals surface area (Å²) >= 11 is 5.25. The van der Waals surface area contributed by atoms with Crippen LogP contribution in [0.1, 0.15) is 11.1 Å². The normalized spacial score (nSPS) is 10.5. The van der Waals surface area contributed by atoms with Gasteiger partial charge in [-0.3, -0.25) is 0 Å². The minimum atomic E-state index is 0.916. The summed E-state index contributed by atoms with van der Waals surface area (Å²) in [5, 5.41) is 7.70. The number of hydrogen-bond donors (Lipinski definition) is 1. The van der Waals surface area contributed by atoms with Crippen molar-refractivity contribution in [2.24, 2.45) is 0 Å². The Bertz CT molecular complexity index is 411. The van der Waals surface area contributed by atoms with Gasteiger partial charge in [0.1, 0.15) is 0 Å². The van der Waals surface area contributed by atoms with Crippen molar-refractivity contribution in [3.8, 4) is 0 Å². The second-order valence-electron chi connectivity index (χ2n) is 3.33. The van der Waals surface area contributed by atoms with Gasteiger partial charge in [0.15, 0.2) is 0 Å². The zero-order valence-corrected chi connectivity index (χ0v) is 10.6. The van der Waals surface area contributed by atoms with Crippen molar-refractivity contribution >= 4 is 27.3 Å². The molecule has 78 valence electrons. The number of benzene rings is 1. The van der Waals surface area contributed by atoms with Crippen molar-refractivity contribution in [2.45, 2.75) is 13.1 Å². The highest BCUT2D eigenvalue weighted by molar-refractivity contribution is 9.10. The Morgan fingerprint density at radius 3 is 2.53 bits per heavy atom. The van der Waals surface area contributed by atoms with Crippen LogP contribution in [0, 0.1) is 0 Å². The molecule has 2 aromatic rings. The van der Waals surface area contributed by atoms with Gasteiger partial charge in [-0.1, -0.05) is 30.3 Å². The molecule has 1 aromatic heterocycles. The third kappa shape index (κ3) is 3.16. The average Bonchev–Trinajstić information content (AvgIpc) is 2.66. The second-order valence-corrected chi connectivity index (χ2v) is 4.93. The summed E-state index contributed by atoms with van der Waals surface area (Å²) in [6, 6.07) is 10.4. The molecule has 0 radical (unpaired) electrons. The minimum Gasteiger partial charge on any atom is -0.309 e.